The van der Waals surface area contributed by atoms with Gasteiger partial charge >= 0.3 is 0 Å². The van der Waals surface area contributed by atoms with Gasteiger partial charge in [0, 0.05) is 12.1 Å². The maximum Gasteiger partial charge on any atom is 0.118 e. The van der Waals surface area contributed by atoms with Crippen molar-refractivity contribution in [3.8, 4) is 5.75 Å². The molecule has 0 aliphatic carbocycles. The molecular formula is C17H28N2O. The highest BCUT2D eigenvalue weighted by atomic mass is 16.5. The fourth-order valence-corrected chi connectivity index (χ4v) is 3.03. The van der Waals surface area contributed by atoms with Crippen LogP contribution in [-0.4, -0.2) is 37.2 Å². The molecule has 0 radical (unpaired) electrons. The molecule has 1 heterocycles. The molecule has 1 aliphatic heterocycles. The van der Waals surface area contributed by atoms with E-state index in [1.807, 2.05) is 12.1 Å². The number of likely N-dealkylation sites (tertiary alicyclic amines) is 1. The summed E-state index contributed by atoms with van der Waals surface area (Å²) in [6.45, 7) is 5.47. The number of ether oxygens (including phenoxy) is 1. The summed E-state index contributed by atoms with van der Waals surface area (Å²) in [4.78, 5) is 2.60. The summed E-state index contributed by atoms with van der Waals surface area (Å²) in [6.07, 6.45) is 6.20. The summed E-state index contributed by atoms with van der Waals surface area (Å²) in [6, 6.07) is 8.39. The number of methoxy groups -OCH3 is 1. The molecule has 0 bridgehead atoms. The number of rotatable bonds is 6. The summed E-state index contributed by atoms with van der Waals surface area (Å²) in [5.74, 6) is 0.923. The molecule has 1 unspecified atom stereocenters. The van der Waals surface area contributed by atoms with E-state index in [4.69, 9.17) is 10.5 Å². The second-order valence-electron chi connectivity index (χ2n) is 6.10. The van der Waals surface area contributed by atoms with E-state index in [1.165, 1.54) is 37.9 Å². The molecule has 20 heavy (non-hydrogen) atoms. The second kappa shape index (κ2) is 7.09. The Morgan fingerprint density at radius 2 is 1.80 bits per heavy atom. The minimum atomic E-state index is 0.139. The predicted molar refractivity (Wildman–Crippen MR) is 84.2 cm³/mol. The molecule has 0 saturated carbocycles. The van der Waals surface area contributed by atoms with Crippen molar-refractivity contribution in [1.29, 1.82) is 0 Å². The Kier molecular flexibility index (Phi) is 5.44. The quantitative estimate of drug-likeness (QED) is 0.868. The molecule has 1 aliphatic rings. The molecular weight excluding hydrogens is 248 g/mol. The topological polar surface area (TPSA) is 38.5 Å². The van der Waals surface area contributed by atoms with Crippen molar-refractivity contribution >= 4 is 0 Å². The van der Waals surface area contributed by atoms with Gasteiger partial charge in [-0.15, -0.1) is 0 Å². The Morgan fingerprint density at radius 3 is 2.35 bits per heavy atom. The van der Waals surface area contributed by atoms with Crippen molar-refractivity contribution in [3.63, 3.8) is 0 Å². The molecule has 2 N–H and O–H groups in total. The molecule has 1 saturated heterocycles. The standard InChI is InChI=1S/C17H28N2O/c1-17(14-18,19-12-4-3-5-13-19)11-10-15-6-8-16(20-2)9-7-15/h6-9H,3-5,10-14,18H2,1-2H3. The van der Waals surface area contributed by atoms with Crippen LogP contribution in [0.15, 0.2) is 24.3 Å². The number of nitrogens with two attached hydrogens (primary N) is 1. The van der Waals surface area contributed by atoms with Crippen LogP contribution in [0.25, 0.3) is 0 Å². The predicted octanol–water partition coefficient (Wildman–Crippen LogP) is 2.83. The summed E-state index contributed by atoms with van der Waals surface area (Å²) in [5, 5.41) is 0. The van der Waals surface area contributed by atoms with Crippen molar-refractivity contribution in [2.75, 3.05) is 26.7 Å². The van der Waals surface area contributed by atoms with Crippen molar-refractivity contribution in [2.24, 2.45) is 5.73 Å². The Bertz CT molecular complexity index is 398. The first-order valence-corrected chi connectivity index (χ1v) is 7.76. The van der Waals surface area contributed by atoms with Gasteiger partial charge in [0.1, 0.15) is 5.75 Å². The summed E-state index contributed by atoms with van der Waals surface area (Å²) in [7, 11) is 1.71. The van der Waals surface area contributed by atoms with E-state index >= 15 is 0 Å². The van der Waals surface area contributed by atoms with Crippen molar-refractivity contribution in [3.05, 3.63) is 29.8 Å². The van der Waals surface area contributed by atoms with Crippen LogP contribution >= 0.6 is 0 Å². The highest BCUT2D eigenvalue weighted by Crippen LogP contribution is 2.25. The smallest absolute Gasteiger partial charge is 0.118 e. The second-order valence-corrected chi connectivity index (χ2v) is 6.10. The van der Waals surface area contributed by atoms with Crippen LogP contribution in [0.3, 0.4) is 0 Å². The number of hydrogen-bond acceptors (Lipinski definition) is 3. The average Bonchev–Trinajstić information content (AvgIpc) is 2.54. The lowest BCUT2D eigenvalue weighted by atomic mass is 9.89. The number of benzene rings is 1. The molecule has 1 aromatic rings. The number of piperidine rings is 1. The molecule has 1 aromatic carbocycles. The van der Waals surface area contributed by atoms with Gasteiger partial charge in [-0.1, -0.05) is 18.6 Å². The zero-order chi connectivity index (χ0) is 14.4. The van der Waals surface area contributed by atoms with Gasteiger partial charge < -0.3 is 10.5 Å². The van der Waals surface area contributed by atoms with E-state index in [-0.39, 0.29) is 5.54 Å². The van der Waals surface area contributed by atoms with E-state index in [2.05, 4.69) is 24.0 Å². The molecule has 3 heteroatoms. The van der Waals surface area contributed by atoms with E-state index in [9.17, 15) is 0 Å². The molecule has 1 fully saturated rings. The average molecular weight is 276 g/mol. The monoisotopic (exact) mass is 276 g/mol. The summed E-state index contributed by atoms with van der Waals surface area (Å²) in [5.41, 5.74) is 7.59. The molecule has 112 valence electrons. The minimum Gasteiger partial charge on any atom is -0.497 e. The minimum absolute atomic E-state index is 0.139. The van der Waals surface area contributed by atoms with Crippen LogP contribution < -0.4 is 10.5 Å². The first-order valence-electron chi connectivity index (χ1n) is 7.76. The Morgan fingerprint density at radius 1 is 1.15 bits per heavy atom. The fraction of sp³-hybridized carbons (Fsp3) is 0.647. The van der Waals surface area contributed by atoms with Gasteiger partial charge in [0.15, 0.2) is 0 Å². The van der Waals surface area contributed by atoms with Crippen molar-refractivity contribution in [1.82, 2.24) is 4.90 Å². The lowest BCUT2D eigenvalue weighted by Crippen LogP contribution is -2.53. The van der Waals surface area contributed by atoms with E-state index in [0.29, 0.717) is 0 Å². The van der Waals surface area contributed by atoms with Crippen molar-refractivity contribution < 1.29 is 4.74 Å². The first-order chi connectivity index (χ1) is 9.68. The summed E-state index contributed by atoms with van der Waals surface area (Å²) >= 11 is 0. The zero-order valence-electron chi connectivity index (χ0n) is 12.9. The fourth-order valence-electron chi connectivity index (χ4n) is 3.03. The summed E-state index contributed by atoms with van der Waals surface area (Å²) < 4.78 is 5.20. The molecule has 1 atom stereocenters. The van der Waals surface area contributed by atoms with Gasteiger partial charge in [0.25, 0.3) is 0 Å². The maximum atomic E-state index is 6.09. The van der Waals surface area contributed by atoms with Crippen LogP contribution in [0, 0.1) is 0 Å². The maximum absolute atomic E-state index is 6.09. The molecule has 0 spiro atoms. The van der Waals surface area contributed by atoms with Crippen LogP contribution in [0.4, 0.5) is 0 Å². The van der Waals surface area contributed by atoms with E-state index in [0.717, 1.165) is 25.1 Å². The largest absolute Gasteiger partial charge is 0.497 e. The zero-order valence-corrected chi connectivity index (χ0v) is 12.9. The van der Waals surface area contributed by atoms with Crippen LogP contribution in [-0.2, 0) is 6.42 Å². The third-order valence-electron chi connectivity index (χ3n) is 4.67. The number of aryl methyl sites for hydroxylation is 1. The molecule has 0 aromatic heterocycles. The number of nitrogens with zero attached hydrogens (tertiary/aromatic N) is 1. The van der Waals surface area contributed by atoms with E-state index < -0.39 is 0 Å². The lowest BCUT2D eigenvalue weighted by Gasteiger charge is -2.43. The normalized spacial score (nSPS) is 19.6. The molecule has 3 nitrogen and oxygen atoms in total. The molecule has 0 amide bonds. The Balaban J connectivity index is 1.94. The van der Waals surface area contributed by atoms with Gasteiger partial charge in [0.05, 0.1) is 7.11 Å². The van der Waals surface area contributed by atoms with Gasteiger partial charge in [-0.25, -0.2) is 0 Å². The van der Waals surface area contributed by atoms with Crippen LogP contribution in [0.2, 0.25) is 0 Å². The van der Waals surface area contributed by atoms with E-state index in [1.54, 1.807) is 7.11 Å². The van der Waals surface area contributed by atoms with Gasteiger partial charge in [-0.2, -0.15) is 0 Å². The highest BCUT2D eigenvalue weighted by Gasteiger charge is 2.30. The molecule has 2 rings (SSSR count). The van der Waals surface area contributed by atoms with Crippen LogP contribution in [0.1, 0.15) is 38.2 Å². The first kappa shape index (κ1) is 15.3. The third kappa shape index (κ3) is 3.74. The lowest BCUT2D eigenvalue weighted by molar-refractivity contribution is 0.0797. The SMILES string of the molecule is COc1ccc(CCC(C)(CN)N2CCCCC2)cc1. The van der Waals surface area contributed by atoms with Crippen molar-refractivity contribution in [2.45, 2.75) is 44.6 Å². The van der Waals surface area contributed by atoms with Crippen LogP contribution in [0.5, 0.6) is 5.75 Å². The van der Waals surface area contributed by atoms with Gasteiger partial charge in [-0.05, 0) is 63.4 Å². The highest BCUT2D eigenvalue weighted by molar-refractivity contribution is 5.27. The van der Waals surface area contributed by atoms with Gasteiger partial charge in [-0.3, -0.25) is 4.90 Å². The number of hydrogen-bond donors (Lipinski definition) is 1. The van der Waals surface area contributed by atoms with Gasteiger partial charge in [0.2, 0.25) is 0 Å². The Hall–Kier alpha value is -1.06. The Labute approximate surface area is 123 Å². The third-order valence-corrected chi connectivity index (χ3v) is 4.67.